The van der Waals surface area contributed by atoms with Gasteiger partial charge in [0.25, 0.3) is 10.0 Å². The average Bonchev–Trinajstić information content (AvgIpc) is 3.25. The van der Waals surface area contributed by atoms with Crippen molar-refractivity contribution in [1.29, 1.82) is 0 Å². The molecular formula is C22H27ClN2O3S2. The molecule has 3 rings (SSSR count). The Balaban J connectivity index is 1.74. The van der Waals surface area contributed by atoms with Gasteiger partial charge in [0.05, 0.1) is 10.6 Å². The number of hydrogen-bond donors (Lipinski definition) is 1. The molecule has 0 atom stereocenters. The molecule has 30 heavy (non-hydrogen) atoms. The van der Waals surface area contributed by atoms with Crippen molar-refractivity contribution in [2.45, 2.75) is 42.8 Å². The van der Waals surface area contributed by atoms with E-state index in [4.69, 9.17) is 11.6 Å². The van der Waals surface area contributed by atoms with Crippen LogP contribution in [0.3, 0.4) is 0 Å². The van der Waals surface area contributed by atoms with Gasteiger partial charge < -0.3 is 5.32 Å². The molecule has 1 N–H and O–H groups in total. The molecule has 0 aliphatic heterocycles. The quantitative estimate of drug-likeness (QED) is 0.547. The Morgan fingerprint density at radius 3 is 2.57 bits per heavy atom. The van der Waals surface area contributed by atoms with Crippen LogP contribution in [-0.4, -0.2) is 38.4 Å². The number of anilines is 1. The summed E-state index contributed by atoms with van der Waals surface area (Å²) in [5.74, 6) is 0.499. The van der Waals surface area contributed by atoms with E-state index in [0.29, 0.717) is 22.5 Å². The zero-order valence-corrected chi connectivity index (χ0v) is 19.4. The summed E-state index contributed by atoms with van der Waals surface area (Å²) in [6.07, 6.45) is 5.07. The fourth-order valence-electron chi connectivity index (χ4n) is 3.53. The number of nitrogens with zero attached hydrogens (tertiary/aromatic N) is 1. The van der Waals surface area contributed by atoms with E-state index in [0.717, 1.165) is 15.6 Å². The Bertz CT molecular complexity index is 962. The van der Waals surface area contributed by atoms with Crippen LogP contribution in [0.1, 0.15) is 31.2 Å². The number of amides is 1. The van der Waals surface area contributed by atoms with Gasteiger partial charge in [0, 0.05) is 22.6 Å². The standard InChI is InChI=1S/C22H27ClN2O3S2/c1-17-11-12-18(23)15-21(17)25(30(27,28)20-9-3-2-4-10-20)16-22(26)24-13-14-29-19-7-5-6-8-19/h2-4,9-12,15,19H,5-8,13-14,16H2,1H3,(H,24,26). The average molecular weight is 467 g/mol. The molecule has 0 saturated heterocycles. The molecule has 0 spiro atoms. The van der Waals surface area contributed by atoms with Gasteiger partial charge in [0.15, 0.2) is 0 Å². The molecule has 1 aliphatic rings. The number of halogens is 1. The second-order valence-electron chi connectivity index (χ2n) is 7.38. The first-order valence-electron chi connectivity index (χ1n) is 10.1. The Morgan fingerprint density at radius 1 is 1.17 bits per heavy atom. The fraction of sp³-hybridized carbons (Fsp3) is 0.409. The largest absolute Gasteiger partial charge is 0.354 e. The lowest BCUT2D eigenvalue weighted by atomic mass is 10.2. The van der Waals surface area contributed by atoms with E-state index in [2.05, 4.69) is 5.32 Å². The number of aryl methyl sites for hydroxylation is 1. The fourth-order valence-corrected chi connectivity index (χ4v) is 6.41. The molecule has 0 radical (unpaired) electrons. The first-order chi connectivity index (χ1) is 14.4. The summed E-state index contributed by atoms with van der Waals surface area (Å²) in [6.45, 7) is 2.02. The second-order valence-corrected chi connectivity index (χ2v) is 11.1. The highest BCUT2D eigenvalue weighted by Crippen LogP contribution is 2.30. The molecule has 8 heteroatoms. The molecule has 0 bridgehead atoms. The molecule has 0 aromatic heterocycles. The van der Waals surface area contributed by atoms with Gasteiger partial charge in [-0.25, -0.2) is 8.42 Å². The smallest absolute Gasteiger partial charge is 0.264 e. The van der Waals surface area contributed by atoms with Crippen LogP contribution in [0.4, 0.5) is 5.69 Å². The number of sulfonamides is 1. The number of thioether (sulfide) groups is 1. The predicted octanol–water partition coefficient (Wildman–Crippen LogP) is 4.64. The van der Waals surface area contributed by atoms with Crippen LogP contribution in [0.2, 0.25) is 5.02 Å². The van der Waals surface area contributed by atoms with E-state index in [-0.39, 0.29) is 17.3 Å². The summed E-state index contributed by atoms with van der Waals surface area (Å²) in [6, 6.07) is 13.2. The summed E-state index contributed by atoms with van der Waals surface area (Å²) < 4.78 is 27.8. The Hall–Kier alpha value is -1.70. The van der Waals surface area contributed by atoms with Crippen molar-refractivity contribution in [2.24, 2.45) is 0 Å². The van der Waals surface area contributed by atoms with Crippen molar-refractivity contribution in [1.82, 2.24) is 5.32 Å². The Morgan fingerprint density at radius 2 is 1.87 bits per heavy atom. The van der Waals surface area contributed by atoms with Crippen LogP contribution in [0.25, 0.3) is 0 Å². The number of carbonyl (C=O) groups excluding carboxylic acids is 1. The molecule has 2 aromatic rings. The molecular weight excluding hydrogens is 440 g/mol. The molecule has 1 fully saturated rings. The van der Waals surface area contributed by atoms with Crippen molar-refractivity contribution in [3.05, 3.63) is 59.1 Å². The van der Waals surface area contributed by atoms with Gasteiger partial charge in [-0.05, 0) is 49.6 Å². The highest BCUT2D eigenvalue weighted by atomic mass is 35.5. The predicted molar refractivity (Wildman–Crippen MR) is 125 cm³/mol. The third kappa shape index (κ3) is 5.93. The maximum atomic E-state index is 13.3. The van der Waals surface area contributed by atoms with Gasteiger partial charge in [-0.1, -0.05) is 48.7 Å². The molecule has 1 amide bonds. The van der Waals surface area contributed by atoms with E-state index in [9.17, 15) is 13.2 Å². The second kappa shape index (κ2) is 10.6. The highest BCUT2D eigenvalue weighted by molar-refractivity contribution is 7.99. The van der Waals surface area contributed by atoms with Gasteiger partial charge in [-0.3, -0.25) is 9.10 Å². The zero-order valence-electron chi connectivity index (χ0n) is 17.0. The van der Waals surface area contributed by atoms with Crippen molar-refractivity contribution < 1.29 is 13.2 Å². The normalized spacial score (nSPS) is 14.6. The van der Waals surface area contributed by atoms with Gasteiger partial charge in [-0.2, -0.15) is 11.8 Å². The van der Waals surface area contributed by atoms with Gasteiger partial charge in [0.1, 0.15) is 6.54 Å². The maximum absolute atomic E-state index is 13.3. The number of carbonyl (C=O) groups is 1. The van der Waals surface area contributed by atoms with E-state index in [1.54, 1.807) is 43.3 Å². The lowest BCUT2D eigenvalue weighted by Crippen LogP contribution is -2.41. The van der Waals surface area contributed by atoms with Crippen LogP contribution in [0.15, 0.2) is 53.4 Å². The third-order valence-electron chi connectivity index (χ3n) is 5.14. The van der Waals surface area contributed by atoms with E-state index in [1.165, 1.54) is 37.8 Å². The molecule has 1 saturated carbocycles. The molecule has 162 valence electrons. The van der Waals surface area contributed by atoms with Crippen molar-refractivity contribution >= 4 is 45.0 Å². The molecule has 0 heterocycles. The minimum absolute atomic E-state index is 0.133. The van der Waals surface area contributed by atoms with Crippen molar-refractivity contribution in [3.8, 4) is 0 Å². The Kier molecular flexibility index (Phi) is 8.08. The summed E-state index contributed by atoms with van der Waals surface area (Å²) in [7, 11) is -3.92. The van der Waals surface area contributed by atoms with Crippen molar-refractivity contribution in [2.75, 3.05) is 23.1 Å². The maximum Gasteiger partial charge on any atom is 0.264 e. The molecule has 2 aromatic carbocycles. The number of benzene rings is 2. The third-order valence-corrected chi connectivity index (χ3v) is 8.53. The SMILES string of the molecule is Cc1ccc(Cl)cc1N(CC(=O)NCCSC1CCCC1)S(=O)(=O)c1ccccc1. The first kappa shape index (κ1) is 23.0. The Labute approximate surface area is 188 Å². The number of hydrogen-bond acceptors (Lipinski definition) is 4. The van der Waals surface area contributed by atoms with Gasteiger partial charge in [0.2, 0.25) is 5.91 Å². The monoisotopic (exact) mass is 466 g/mol. The summed E-state index contributed by atoms with van der Waals surface area (Å²) in [4.78, 5) is 12.8. The van der Waals surface area contributed by atoms with Crippen LogP contribution in [-0.2, 0) is 14.8 Å². The molecule has 1 aliphatic carbocycles. The van der Waals surface area contributed by atoms with Crippen LogP contribution in [0.5, 0.6) is 0 Å². The van der Waals surface area contributed by atoms with Crippen LogP contribution >= 0.6 is 23.4 Å². The summed E-state index contributed by atoms with van der Waals surface area (Å²) in [5.41, 5.74) is 1.13. The van der Waals surface area contributed by atoms with E-state index in [1.807, 2.05) is 11.8 Å². The van der Waals surface area contributed by atoms with E-state index < -0.39 is 10.0 Å². The minimum Gasteiger partial charge on any atom is -0.354 e. The summed E-state index contributed by atoms with van der Waals surface area (Å²) >= 11 is 8.02. The molecule has 0 unspecified atom stereocenters. The first-order valence-corrected chi connectivity index (χ1v) is 13.0. The number of rotatable bonds is 9. The van der Waals surface area contributed by atoms with Crippen LogP contribution in [0, 0.1) is 6.92 Å². The van der Waals surface area contributed by atoms with Gasteiger partial charge in [-0.15, -0.1) is 0 Å². The highest BCUT2D eigenvalue weighted by Gasteiger charge is 2.28. The molecule has 5 nitrogen and oxygen atoms in total. The van der Waals surface area contributed by atoms with Gasteiger partial charge >= 0.3 is 0 Å². The lowest BCUT2D eigenvalue weighted by molar-refractivity contribution is -0.119. The zero-order chi connectivity index (χ0) is 21.6. The minimum atomic E-state index is -3.92. The summed E-state index contributed by atoms with van der Waals surface area (Å²) in [5, 5.41) is 3.97. The van der Waals surface area contributed by atoms with E-state index >= 15 is 0 Å². The van der Waals surface area contributed by atoms with Crippen molar-refractivity contribution in [3.63, 3.8) is 0 Å². The lowest BCUT2D eigenvalue weighted by Gasteiger charge is -2.26. The number of nitrogens with one attached hydrogen (secondary N) is 1. The van der Waals surface area contributed by atoms with Crippen LogP contribution < -0.4 is 9.62 Å². The topological polar surface area (TPSA) is 66.5 Å².